The molecule has 0 unspecified atom stereocenters. The van der Waals surface area contributed by atoms with Crippen LogP contribution in [0, 0.1) is 13.8 Å². The van der Waals surface area contributed by atoms with E-state index in [1.54, 1.807) is 0 Å². The van der Waals surface area contributed by atoms with Gasteiger partial charge in [-0.3, -0.25) is 4.99 Å². The molecule has 0 aliphatic carbocycles. The van der Waals surface area contributed by atoms with Gasteiger partial charge in [-0.05, 0) is 31.4 Å². The van der Waals surface area contributed by atoms with E-state index in [-0.39, 0.29) is 0 Å². The lowest BCUT2D eigenvalue weighted by Gasteiger charge is -2.17. The van der Waals surface area contributed by atoms with Crippen molar-refractivity contribution in [2.24, 2.45) is 4.99 Å². The summed E-state index contributed by atoms with van der Waals surface area (Å²) in [5.41, 5.74) is 2.37. The zero-order valence-electron chi connectivity index (χ0n) is 11.1. The topological polar surface area (TPSA) is 45.6 Å². The summed E-state index contributed by atoms with van der Waals surface area (Å²) in [5, 5.41) is 6.47. The summed E-state index contributed by atoms with van der Waals surface area (Å²) in [7, 11) is 0. The molecule has 1 heterocycles. The molecule has 0 aromatic heterocycles. The second-order valence-corrected chi connectivity index (χ2v) is 4.51. The van der Waals surface area contributed by atoms with Gasteiger partial charge in [-0.2, -0.15) is 0 Å². The number of hydrogen-bond donors (Lipinski definition) is 2. The third kappa shape index (κ3) is 3.39. The molecule has 2 N–H and O–H groups in total. The van der Waals surface area contributed by atoms with Gasteiger partial charge in [0.1, 0.15) is 12.4 Å². The summed E-state index contributed by atoms with van der Waals surface area (Å²) >= 11 is 0. The first-order valence-electron chi connectivity index (χ1n) is 6.48. The van der Waals surface area contributed by atoms with Crippen molar-refractivity contribution in [3.8, 4) is 5.75 Å². The van der Waals surface area contributed by atoms with Gasteiger partial charge in [0.2, 0.25) is 0 Å². The highest BCUT2D eigenvalue weighted by Crippen LogP contribution is 2.21. The molecule has 0 fully saturated rings. The first-order chi connectivity index (χ1) is 8.77. The first kappa shape index (κ1) is 12.7. The van der Waals surface area contributed by atoms with Gasteiger partial charge in [0.25, 0.3) is 0 Å². The van der Waals surface area contributed by atoms with Crippen LogP contribution in [0.5, 0.6) is 5.75 Å². The van der Waals surface area contributed by atoms with Crippen LogP contribution in [0.3, 0.4) is 0 Å². The van der Waals surface area contributed by atoms with Gasteiger partial charge in [-0.1, -0.05) is 18.2 Å². The average Bonchev–Trinajstić information content (AvgIpc) is 2.38. The molecule has 0 saturated heterocycles. The number of aryl methyl sites for hydroxylation is 2. The molecule has 1 aromatic carbocycles. The monoisotopic (exact) mass is 247 g/mol. The van der Waals surface area contributed by atoms with E-state index >= 15 is 0 Å². The Bertz CT molecular complexity index is 409. The van der Waals surface area contributed by atoms with E-state index in [0.717, 1.165) is 37.8 Å². The third-order valence-corrected chi connectivity index (χ3v) is 2.95. The zero-order chi connectivity index (χ0) is 12.8. The van der Waals surface area contributed by atoms with Crippen molar-refractivity contribution in [3.05, 3.63) is 29.3 Å². The van der Waals surface area contributed by atoms with E-state index in [0.29, 0.717) is 6.61 Å². The van der Waals surface area contributed by atoms with E-state index in [1.807, 2.05) is 0 Å². The van der Waals surface area contributed by atoms with Crippen LogP contribution in [0.1, 0.15) is 17.5 Å². The fraction of sp³-hybridized carbons (Fsp3) is 0.500. The second-order valence-electron chi connectivity index (χ2n) is 4.51. The minimum Gasteiger partial charge on any atom is -0.491 e. The molecular formula is C14H21N3O. The summed E-state index contributed by atoms with van der Waals surface area (Å²) in [6, 6.07) is 6.20. The molecule has 4 nitrogen and oxygen atoms in total. The highest BCUT2D eigenvalue weighted by molar-refractivity contribution is 5.80. The number of ether oxygens (including phenoxy) is 1. The van der Waals surface area contributed by atoms with Gasteiger partial charge in [0, 0.05) is 13.1 Å². The first-order valence-corrected chi connectivity index (χ1v) is 6.48. The molecule has 1 aliphatic heterocycles. The largest absolute Gasteiger partial charge is 0.491 e. The van der Waals surface area contributed by atoms with Gasteiger partial charge in [0.05, 0.1) is 6.54 Å². The minimum atomic E-state index is 0.645. The molecule has 0 amide bonds. The summed E-state index contributed by atoms with van der Waals surface area (Å²) in [6.07, 6.45) is 1.12. The van der Waals surface area contributed by atoms with Crippen molar-refractivity contribution in [1.82, 2.24) is 10.6 Å². The predicted octanol–water partition coefficient (Wildman–Crippen LogP) is 1.62. The number of para-hydroxylation sites is 1. The number of aliphatic imine (C=N–C) groups is 1. The molecule has 1 aliphatic rings. The molecule has 98 valence electrons. The van der Waals surface area contributed by atoms with Crippen LogP contribution in [-0.2, 0) is 0 Å². The standard InChI is InChI=1S/C14H21N3O/c1-11-5-3-6-12(2)13(11)18-10-9-17-14-15-7-4-8-16-14/h3,5-6H,4,7-10H2,1-2H3,(H2,15,16,17). The van der Waals surface area contributed by atoms with Crippen molar-refractivity contribution in [3.63, 3.8) is 0 Å². The number of benzene rings is 1. The third-order valence-electron chi connectivity index (χ3n) is 2.95. The molecule has 18 heavy (non-hydrogen) atoms. The van der Waals surface area contributed by atoms with Gasteiger partial charge in [-0.15, -0.1) is 0 Å². The quantitative estimate of drug-likeness (QED) is 0.795. The van der Waals surface area contributed by atoms with Crippen LogP contribution in [0.2, 0.25) is 0 Å². The Morgan fingerprint density at radius 2 is 2.11 bits per heavy atom. The Morgan fingerprint density at radius 3 is 2.78 bits per heavy atom. The highest BCUT2D eigenvalue weighted by atomic mass is 16.5. The maximum Gasteiger partial charge on any atom is 0.191 e. The van der Waals surface area contributed by atoms with Gasteiger partial charge in [0.15, 0.2) is 5.96 Å². The SMILES string of the molecule is Cc1cccc(C)c1OCCNC1=NCCCN1. The maximum atomic E-state index is 5.81. The number of rotatable bonds is 4. The summed E-state index contributed by atoms with van der Waals surface area (Å²) in [5.74, 6) is 1.89. The average molecular weight is 247 g/mol. The highest BCUT2D eigenvalue weighted by Gasteiger charge is 2.04. The Labute approximate surface area is 108 Å². The number of nitrogens with one attached hydrogen (secondary N) is 2. The van der Waals surface area contributed by atoms with Crippen molar-refractivity contribution in [2.75, 3.05) is 26.2 Å². The Balaban J connectivity index is 1.76. The molecule has 0 spiro atoms. The maximum absolute atomic E-state index is 5.81. The minimum absolute atomic E-state index is 0.645. The molecule has 0 radical (unpaired) electrons. The zero-order valence-corrected chi connectivity index (χ0v) is 11.1. The summed E-state index contributed by atoms with van der Waals surface area (Å²) in [4.78, 5) is 4.35. The van der Waals surface area contributed by atoms with E-state index in [2.05, 4.69) is 47.7 Å². The molecular weight excluding hydrogens is 226 g/mol. The Hall–Kier alpha value is -1.71. The fourth-order valence-electron chi connectivity index (χ4n) is 2.00. The van der Waals surface area contributed by atoms with Crippen molar-refractivity contribution < 1.29 is 4.74 Å². The number of guanidine groups is 1. The Kier molecular flexibility index (Phi) is 4.45. The molecule has 1 aromatic rings. The van der Waals surface area contributed by atoms with Gasteiger partial charge in [-0.25, -0.2) is 0 Å². The molecule has 4 heteroatoms. The molecule has 2 rings (SSSR count). The van der Waals surface area contributed by atoms with Crippen LogP contribution in [0.25, 0.3) is 0 Å². The Morgan fingerprint density at radius 1 is 1.33 bits per heavy atom. The fourth-order valence-corrected chi connectivity index (χ4v) is 2.00. The second kappa shape index (κ2) is 6.28. The molecule has 0 saturated carbocycles. The molecule has 0 atom stereocenters. The van der Waals surface area contributed by atoms with E-state index in [1.165, 1.54) is 11.1 Å². The van der Waals surface area contributed by atoms with Crippen LogP contribution in [-0.4, -0.2) is 32.2 Å². The van der Waals surface area contributed by atoms with Crippen LogP contribution in [0.15, 0.2) is 23.2 Å². The lowest BCUT2D eigenvalue weighted by atomic mass is 10.1. The van der Waals surface area contributed by atoms with Crippen molar-refractivity contribution in [2.45, 2.75) is 20.3 Å². The van der Waals surface area contributed by atoms with Crippen LogP contribution < -0.4 is 15.4 Å². The van der Waals surface area contributed by atoms with Gasteiger partial charge < -0.3 is 15.4 Å². The van der Waals surface area contributed by atoms with E-state index < -0.39 is 0 Å². The number of nitrogens with zero attached hydrogens (tertiary/aromatic N) is 1. The van der Waals surface area contributed by atoms with Crippen molar-refractivity contribution in [1.29, 1.82) is 0 Å². The molecule has 0 bridgehead atoms. The predicted molar refractivity (Wildman–Crippen MR) is 74.3 cm³/mol. The summed E-state index contributed by atoms with van der Waals surface area (Å²) < 4.78 is 5.81. The van der Waals surface area contributed by atoms with Crippen molar-refractivity contribution >= 4 is 5.96 Å². The van der Waals surface area contributed by atoms with Crippen LogP contribution in [0.4, 0.5) is 0 Å². The number of hydrogen-bond acceptors (Lipinski definition) is 4. The van der Waals surface area contributed by atoms with Gasteiger partial charge >= 0.3 is 0 Å². The van der Waals surface area contributed by atoms with Crippen LogP contribution >= 0.6 is 0 Å². The summed E-state index contributed by atoms with van der Waals surface area (Å²) in [6.45, 7) is 7.47. The van der Waals surface area contributed by atoms with E-state index in [9.17, 15) is 0 Å². The lowest BCUT2D eigenvalue weighted by molar-refractivity contribution is 0.317. The van der Waals surface area contributed by atoms with E-state index in [4.69, 9.17) is 4.74 Å². The smallest absolute Gasteiger partial charge is 0.191 e. The lowest BCUT2D eigenvalue weighted by Crippen LogP contribution is -2.42. The normalized spacial score (nSPS) is 14.7.